The number of anilines is 1. The summed E-state index contributed by atoms with van der Waals surface area (Å²) >= 11 is 1.35. The first-order valence-electron chi connectivity index (χ1n) is 13.0. The molecular weight excluding hydrogens is 508 g/mol. The van der Waals surface area contributed by atoms with Gasteiger partial charge in [0.25, 0.3) is 5.78 Å². The van der Waals surface area contributed by atoms with Gasteiger partial charge >= 0.3 is 5.91 Å². The van der Waals surface area contributed by atoms with E-state index in [1.54, 1.807) is 24.3 Å². The number of para-hydroxylation sites is 1. The number of aliphatic hydroxyl groups is 1. The largest absolute Gasteiger partial charge is 0.507 e. The molecule has 1 fully saturated rings. The molecule has 1 amide bonds. The highest BCUT2D eigenvalue weighted by molar-refractivity contribution is 7.22. The SMILES string of the molecule is CC(C)COc1ccc(/C(O)=C2\C(=O)C(=O)N(c3nc4ccccc4s3)C2c2ccc(C(C)(C)C)cc2)cc1. The fourth-order valence-electron chi connectivity index (χ4n) is 4.60. The molecule has 1 saturated heterocycles. The van der Waals surface area contributed by atoms with Crippen LogP contribution in [0.4, 0.5) is 5.13 Å². The Morgan fingerprint density at radius 1 is 1.00 bits per heavy atom. The molecule has 200 valence electrons. The summed E-state index contributed by atoms with van der Waals surface area (Å²) in [7, 11) is 0. The van der Waals surface area contributed by atoms with Crippen LogP contribution in [0.3, 0.4) is 0 Å². The third-order valence-corrected chi connectivity index (χ3v) is 7.77. The molecule has 7 heteroatoms. The third kappa shape index (κ3) is 5.19. The fraction of sp³-hybridized carbons (Fsp3) is 0.281. The van der Waals surface area contributed by atoms with Gasteiger partial charge in [-0.05, 0) is 58.9 Å². The van der Waals surface area contributed by atoms with Gasteiger partial charge in [0.15, 0.2) is 5.13 Å². The summed E-state index contributed by atoms with van der Waals surface area (Å²) in [6.07, 6.45) is 0. The lowest BCUT2D eigenvalue weighted by molar-refractivity contribution is -0.132. The molecule has 0 spiro atoms. The van der Waals surface area contributed by atoms with Crippen LogP contribution in [0.25, 0.3) is 16.0 Å². The van der Waals surface area contributed by atoms with Crippen molar-refractivity contribution in [2.24, 2.45) is 5.92 Å². The molecule has 1 aromatic heterocycles. The van der Waals surface area contributed by atoms with Crippen LogP contribution in [-0.4, -0.2) is 28.4 Å². The molecule has 0 radical (unpaired) electrons. The average molecular weight is 541 g/mol. The lowest BCUT2D eigenvalue weighted by Crippen LogP contribution is -2.29. The Morgan fingerprint density at radius 2 is 1.67 bits per heavy atom. The van der Waals surface area contributed by atoms with Gasteiger partial charge in [-0.3, -0.25) is 14.5 Å². The van der Waals surface area contributed by atoms with Crippen molar-refractivity contribution < 1.29 is 19.4 Å². The van der Waals surface area contributed by atoms with Gasteiger partial charge in [0.2, 0.25) is 0 Å². The summed E-state index contributed by atoms with van der Waals surface area (Å²) in [4.78, 5) is 33.1. The predicted octanol–water partition coefficient (Wildman–Crippen LogP) is 7.25. The molecule has 4 aromatic rings. The number of thiazole rings is 1. The second kappa shape index (κ2) is 10.3. The second-order valence-corrected chi connectivity index (χ2v) is 12.2. The van der Waals surface area contributed by atoms with Gasteiger partial charge in [-0.1, -0.05) is 82.4 Å². The molecule has 0 bridgehead atoms. The first kappa shape index (κ1) is 26.6. The summed E-state index contributed by atoms with van der Waals surface area (Å²) in [6.45, 7) is 11.1. The molecular formula is C32H32N2O4S. The van der Waals surface area contributed by atoms with E-state index in [2.05, 4.69) is 39.6 Å². The van der Waals surface area contributed by atoms with E-state index in [1.165, 1.54) is 16.2 Å². The summed E-state index contributed by atoms with van der Waals surface area (Å²) in [5, 5.41) is 11.9. The Bertz CT molecular complexity index is 1530. The van der Waals surface area contributed by atoms with Crippen LogP contribution < -0.4 is 9.64 Å². The topological polar surface area (TPSA) is 79.7 Å². The zero-order valence-electron chi connectivity index (χ0n) is 22.8. The molecule has 1 aliphatic rings. The Labute approximate surface area is 232 Å². The summed E-state index contributed by atoms with van der Waals surface area (Å²) in [6, 6.07) is 21.6. The average Bonchev–Trinajstić information content (AvgIpc) is 3.45. The molecule has 0 saturated carbocycles. The number of ether oxygens (including phenoxy) is 1. The van der Waals surface area contributed by atoms with Gasteiger partial charge < -0.3 is 9.84 Å². The van der Waals surface area contributed by atoms with E-state index < -0.39 is 17.7 Å². The summed E-state index contributed by atoms with van der Waals surface area (Å²) in [5.74, 6) is -0.628. The minimum Gasteiger partial charge on any atom is -0.507 e. The Morgan fingerprint density at radius 3 is 2.28 bits per heavy atom. The third-order valence-electron chi connectivity index (χ3n) is 6.74. The summed E-state index contributed by atoms with van der Waals surface area (Å²) in [5.41, 5.74) is 3.01. The molecule has 1 unspecified atom stereocenters. The smallest absolute Gasteiger partial charge is 0.301 e. The van der Waals surface area contributed by atoms with Crippen molar-refractivity contribution in [3.8, 4) is 5.75 Å². The van der Waals surface area contributed by atoms with Crippen molar-refractivity contribution in [3.63, 3.8) is 0 Å². The van der Waals surface area contributed by atoms with Crippen LogP contribution in [0, 0.1) is 5.92 Å². The van der Waals surface area contributed by atoms with Gasteiger partial charge in [0, 0.05) is 5.56 Å². The number of aromatic nitrogens is 1. The van der Waals surface area contributed by atoms with Crippen LogP contribution in [0.1, 0.15) is 57.4 Å². The van der Waals surface area contributed by atoms with E-state index in [4.69, 9.17) is 4.74 Å². The van der Waals surface area contributed by atoms with E-state index in [1.807, 2.05) is 48.5 Å². The highest BCUT2D eigenvalue weighted by atomic mass is 32.1. The lowest BCUT2D eigenvalue weighted by Gasteiger charge is -2.24. The standard InChI is InChI=1S/C32H32N2O4S/c1-19(2)18-38-23-16-12-21(13-17-23)28(35)26-27(20-10-14-22(15-11-20)32(3,4)5)34(30(37)29(26)36)31-33-24-8-6-7-9-25(24)39-31/h6-17,19,27,35H,18H2,1-5H3/b28-26+. The van der Waals surface area contributed by atoms with Crippen LogP contribution in [0.15, 0.2) is 78.4 Å². The van der Waals surface area contributed by atoms with Gasteiger partial charge in [0.05, 0.1) is 28.4 Å². The number of hydrogen-bond donors (Lipinski definition) is 1. The number of hydrogen-bond acceptors (Lipinski definition) is 6. The summed E-state index contributed by atoms with van der Waals surface area (Å²) < 4.78 is 6.68. The number of rotatable bonds is 6. The predicted molar refractivity (Wildman–Crippen MR) is 156 cm³/mol. The lowest BCUT2D eigenvalue weighted by atomic mass is 9.85. The number of fused-ring (bicyclic) bond motifs is 1. The minimum atomic E-state index is -0.823. The van der Waals surface area contributed by atoms with Gasteiger partial charge in [-0.25, -0.2) is 4.98 Å². The maximum atomic E-state index is 13.5. The number of nitrogens with zero attached hydrogens (tertiary/aromatic N) is 2. The van der Waals surface area contributed by atoms with Crippen molar-refractivity contribution in [1.29, 1.82) is 0 Å². The second-order valence-electron chi connectivity index (χ2n) is 11.2. The highest BCUT2D eigenvalue weighted by Crippen LogP contribution is 2.44. The van der Waals surface area contributed by atoms with Gasteiger partial charge in [0.1, 0.15) is 11.5 Å². The Balaban J connectivity index is 1.63. The van der Waals surface area contributed by atoms with Crippen LogP contribution in [-0.2, 0) is 15.0 Å². The van der Waals surface area contributed by atoms with Crippen molar-refractivity contribution in [2.75, 3.05) is 11.5 Å². The molecule has 1 aliphatic heterocycles. The van der Waals surface area contributed by atoms with Crippen molar-refractivity contribution >= 4 is 44.1 Å². The monoisotopic (exact) mass is 540 g/mol. The van der Waals surface area contributed by atoms with E-state index in [-0.39, 0.29) is 16.7 Å². The Hall–Kier alpha value is -3.97. The molecule has 3 aromatic carbocycles. The molecule has 39 heavy (non-hydrogen) atoms. The molecule has 0 aliphatic carbocycles. The first-order chi connectivity index (χ1) is 18.5. The maximum absolute atomic E-state index is 13.5. The number of Topliss-reactive ketones (excluding diaryl/α,β-unsaturated/α-hetero) is 1. The Kier molecular flexibility index (Phi) is 7.03. The maximum Gasteiger partial charge on any atom is 0.301 e. The van der Waals surface area contributed by atoms with Crippen molar-refractivity contribution in [3.05, 3.63) is 95.1 Å². The number of ketones is 1. The van der Waals surface area contributed by atoms with Crippen LogP contribution in [0.2, 0.25) is 0 Å². The molecule has 1 atom stereocenters. The fourth-order valence-corrected chi connectivity index (χ4v) is 5.59. The van der Waals surface area contributed by atoms with Crippen LogP contribution >= 0.6 is 11.3 Å². The molecule has 5 rings (SSSR count). The number of aliphatic hydroxyl groups excluding tert-OH is 1. The number of amides is 1. The number of carbonyl (C=O) groups excluding carboxylic acids is 2. The highest BCUT2D eigenvalue weighted by Gasteiger charge is 2.48. The zero-order chi connectivity index (χ0) is 27.9. The normalized spacial score (nSPS) is 17.4. The zero-order valence-corrected chi connectivity index (χ0v) is 23.6. The van der Waals surface area contributed by atoms with Crippen molar-refractivity contribution in [2.45, 2.75) is 46.1 Å². The first-order valence-corrected chi connectivity index (χ1v) is 13.9. The van der Waals surface area contributed by atoms with Crippen molar-refractivity contribution in [1.82, 2.24) is 4.98 Å². The number of benzene rings is 3. The molecule has 2 heterocycles. The quantitative estimate of drug-likeness (QED) is 0.158. The van der Waals surface area contributed by atoms with E-state index >= 15 is 0 Å². The van der Waals surface area contributed by atoms with E-state index in [0.717, 1.165) is 21.3 Å². The van der Waals surface area contributed by atoms with E-state index in [0.29, 0.717) is 29.0 Å². The van der Waals surface area contributed by atoms with E-state index in [9.17, 15) is 14.7 Å². The van der Waals surface area contributed by atoms with Crippen LogP contribution in [0.5, 0.6) is 5.75 Å². The van der Waals surface area contributed by atoms with Gasteiger partial charge in [-0.15, -0.1) is 0 Å². The minimum absolute atomic E-state index is 0.0404. The molecule has 6 nitrogen and oxygen atoms in total. The number of carbonyl (C=O) groups is 2. The van der Waals surface area contributed by atoms with Gasteiger partial charge in [-0.2, -0.15) is 0 Å². The molecule has 1 N–H and O–H groups in total.